The van der Waals surface area contributed by atoms with Gasteiger partial charge >= 0.3 is 5.97 Å². The number of benzene rings is 1. The molecule has 2 N–H and O–H groups in total. The van der Waals surface area contributed by atoms with Gasteiger partial charge in [0, 0.05) is 6.54 Å². The number of ether oxygens (including phenoxy) is 1. The van der Waals surface area contributed by atoms with Crippen molar-refractivity contribution >= 4 is 11.9 Å². The standard InChI is InChI=1S/C17H22N2O3/c1-22-17(21)12-9-15(18-10-12)16(20)19-14-8-4-6-11-5-2-3-7-13(11)14/h2-3,5,7,12,14-15,18H,4,6,8-10H2,1H3,(H,19,20). The number of carbonyl (C=O) groups is 2. The van der Waals surface area contributed by atoms with Gasteiger partial charge in [-0.1, -0.05) is 24.3 Å². The minimum absolute atomic E-state index is 0.0203. The van der Waals surface area contributed by atoms with Crippen molar-refractivity contribution in [1.82, 2.24) is 10.6 Å². The molecule has 0 saturated carbocycles. The van der Waals surface area contributed by atoms with Crippen LogP contribution in [-0.2, 0) is 20.7 Å². The SMILES string of the molecule is COC(=O)C1CNC(C(=O)NC2CCCc3ccccc32)C1. The van der Waals surface area contributed by atoms with Gasteiger partial charge in [0.05, 0.1) is 25.1 Å². The first-order valence-corrected chi connectivity index (χ1v) is 7.88. The summed E-state index contributed by atoms with van der Waals surface area (Å²) in [6, 6.07) is 8.06. The smallest absolute Gasteiger partial charge is 0.310 e. The van der Waals surface area contributed by atoms with Crippen LogP contribution in [0.25, 0.3) is 0 Å². The van der Waals surface area contributed by atoms with E-state index in [1.165, 1.54) is 18.2 Å². The molecule has 1 saturated heterocycles. The third kappa shape index (κ3) is 2.99. The maximum Gasteiger partial charge on any atom is 0.310 e. The Morgan fingerprint density at radius 1 is 1.32 bits per heavy atom. The van der Waals surface area contributed by atoms with Crippen molar-refractivity contribution in [2.45, 2.75) is 37.8 Å². The van der Waals surface area contributed by atoms with E-state index in [0.29, 0.717) is 13.0 Å². The molecule has 3 atom stereocenters. The molecule has 1 aromatic rings. The lowest BCUT2D eigenvalue weighted by atomic mass is 9.87. The normalized spacial score (nSPS) is 27.0. The van der Waals surface area contributed by atoms with Gasteiger partial charge in [-0.05, 0) is 36.8 Å². The number of esters is 1. The van der Waals surface area contributed by atoms with Gasteiger partial charge in [0.15, 0.2) is 0 Å². The van der Waals surface area contributed by atoms with E-state index in [9.17, 15) is 9.59 Å². The number of hydrogen-bond donors (Lipinski definition) is 2. The van der Waals surface area contributed by atoms with Crippen molar-refractivity contribution in [2.75, 3.05) is 13.7 Å². The van der Waals surface area contributed by atoms with E-state index in [1.54, 1.807) is 0 Å². The summed E-state index contributed by atoms with van der Waals surface area (Å²) in [5.74, 6) is -0.488. The first-order chi connectivity index (χ1) is 10.7. The summed E-state index contributed by atoms with van der Waals surface area (Å²) in [5, 5.41) is 6.26. The molecule has 0 radical (unpaired) electrons. The van der Waals surface area contributed by atoms with Gasteiger partial charge < -0.3 is 15.4 Å². The number of methoxy groups -OCH3 is 1. The number of fused-ring (bicyclic) bond motifs is 1. The molecule has 1 aliphatic heterocycles. The summed E-state index contributed by atoms with van der Waals surface area (Å²) in [6.07, 6.45) is 3.64. The Morgan fingerprint density at radius 3 is 2.95 bits per heavy atom. The van der Waals surface area contributed by atoms with Crippen LogP contribution in [-0.4, -0.2) is 31.6 Å². The Bertz CT molecular complexity index is 573. The molecule has 1 aromatic carbocycles. The first-order valence-electron chi connectivity index (χ1n) is 7.88. The lowest BCUT2D eigenvalue weighted by molar-refractivity contribution is -0.144. The molecular formula is C17H22N2O3. The molecule has 22 heavy (non-hydrogen) atoms. The summed E-state index contributed by atoms with van der Waals surface area (Å²) >= 11 is 0. The highest BCUT2D eigenvalue weighted by Crippen LogP contribution is 2.29. The van der Waals surface area contributed by atoms with Crippen molar-refractivity contribution in [3.63, 3.8) is 0 Å². The zero-order valence-electron chi connectivity index (χ0n) is 12.8. The summed E-state index contributed by atoms with van der Waals surface area (Å²) < 4.78 is 4.75. The monoisotopic (exact) mass is 302 g/mol. The van der Waals surface area contributed by atoms with Crippen molar-refractivity contribution < 1.29 is 14.3 Å². The summed E-state index contributed by atoms with van der Waals surface area (Å²) in [7, 11) is 1.38. The summed E-state index contributed by atoms with van der Waals surface area (Å²) in [5.41, 5.74) is 2.55. The quantitative estimate of drug-likeness (QED) is 0.827. The maximum atomic E-state index is 12.5. The second kappa shape index (κ2) is 6.48. The first kappa shape index (κ1) is 15.0. The molecule has 1 heterocycles. The van der Waals surface area contributed by atoms with Crippen LogP contribution in [0.5, 0.6) is 0 Å². The number of nitrogens with one attached hydrogen (secondary N) is 2. The summed E-state index contributed by atoms with van der Waals surface area (Å²) in [4.78, 5) is 24.0. The molecule has 5 nitrogen and oxygen atoms in total. The second-order valence-corrected chi connectivity index (χ2v) is 6.07. The fraction of sp³-hybridized carbons (Fsp3) is 0.529. The van der Waals surface area contributed by atoms with E-state index in [2.05, 4.69) is 22.8 Å². The van der Waals surface area contributed by atoms with Crippen molar-refractivity contribution in [3.8, 4) is 0 Å². The van der Waals surface area contributed by atoms with E-state index in [4.69, 9.17) is 4.74 Å². The minimum Gasteiger partial charge on any atom is -0.469 e. The Morgan fingerprint density at radius 2 is 2.14 bits per heavy atom. The van der Waals surface area contributed by atoms with E-state index in [0.717, 1.165) is 19.3 Å². The summed E-state index contributed by atoms with van der Waals surface area (Å²) in [6.45, 7) is 0.506. The molecule has 3 unspecified atom stereocenters. The highest BCUT2D eigenvalue weighted by molar-refractivity contribution is 5.84. The van der Waals surface area contributed by atoms with Crippen molar-refractivity contribution in [2.24, 2.45) is 5.92 Å². The Kier molecular flexibility index (Phi) is 4.43. The van der Waals surface area contributed by atoms with E-state index < -0.39 is 0 Å². The molecule has 1 aliphatic carbocycles. The van der Waals surface area contributed by atoms with E-state index in [1.807, 2.05) is 12.1 Å². The maximum absolute atomic E-state index is 12.5. The van der Waals surface area contributed by atoms with Crippen molar-refractivity contribution in [1.29, 1.82) is 0 Å². The number of amides is 1. The molecule has 1 fully saturated rings. The van der Waals surface area contributed by atoms with Crippen molar-refractivity contribution in [3.05, 3.63) is 35.4 Å². The third-order valence-corrected chi connectivity index (χ3v) is 4.67. The van der Waals surface area contributed by atoms with Gasteiger partial charge in [-0.2, -0.15) is 0 Å². The minimum atomic E-state index is -0.307. The molecule has 118 valence electrons. The molecular weight excluding hydrogens is 280 g/mol. The van der Waals surface area contributed by atoms with Crippen LogP contribution in [0.3, 0.4) is 0 Å². The Balaban J connectivity index is 1.63. The molecule has 3 rings (SSSR count). The van der Waals surface area contributed by atoms with Gasteiger partial charge in [-0.3, -0.25) is 9.59 Å². The number of rotatable bonds is 3. The van der Waals surface area contributed by atoms with Crippen LogP contribution in [0.1, 0.15) is 36.4 Å². The molecule has 1 amide bonds. The predicted molar refractivity (Wildman–Crippen MR) is 82.2 cm³/mol. The largest absolute Gasteiger partial charge is 0.469 e. The molecule has 0 aromatic heterocycles. The number of hydrogen-bond acceptors (Lipinski definition) is 4. The average Bonchev–Trinajstić information content (AvgIpc) is 3.04. The second-order valence-electron chi connectivity index (χ2n) is 6.07. The third-order valence-electron chi connectivity index (χ3n) is 4.67. The van der Waals surface area contributed by atoms with Crippen LogP contribution in [0.15, 0.2) is 24.3 Å². The number of aryl methyl sites for hydroxylation is 1. The molecule has 5 heteroatoms. The Hall–Kier alpha value is -1.88. The zero-order valence-corrected chi connectivity index (χ0v) is 12.8. The van der Waals surface area contributed by atoms with Crippen LogP contribution in [0.4, 0.5) is 0 Å². The zero-order chi connectivity index (χ0) is 15.5. The molecule has 0 bridgehead atoms. The topological polar surface area (TPSA) is 67.4 Å². The van der Waals surface area contributed by atoms with E-state index in [-0.39, 0.29) is 29.9 Å². The highest BCUT2D eigenvalue weighted by Gasteiger charge is 2.35. The fourth-order valence-electron chi connectivity index (χ4n) is 3.46. The van der Waals surface area contributed by atoms with E-state index >= 15 is 0 Å². The highest BCUT2D eigenvalue weighted by atomic mass is 16.5. The number of carbonyl (C=O) groups excluding carboxylic acids is 2. The van der Waals surface area contributed by atoms with Gasteiger partial charge in [-0.25, -0.2) is 0 Å². The Labute approximate surface area is 130 Å². The average molecular weight is 302 g/mol. The molecule has 0 spiro atoms. The predicted octanol–water partition coefficient (Wildman–Crippen LogP) is 1.33. The van der Waals surface area contributed by atoms with Gasteiger partial charge in [0.2, 0.25) is 5.91 Å². The van der Waals surface area contributed by atoms with Crippen LogP contribution < -0.4 is 10.6 Å². The molecule has 2 aliphatic rings. The van der Waals surface area contributed by atoms with Crippen LogP contribution in [0.2, 0.25) is 0 Å². The fourth-order valence-corrected chi connectivity index (χ4v) is 3.46. The van der Waals surface area contributed by atoms with Gasteiger partial charge in [-0.15, -0.1) is 0 Å². The van der Waals surface area contributed by atoms with Gasteiger partial charge in [0.25, 0.3) is 0 Å². The van der Waals surface area contributed by atoms with Crippen LogP contribution in [0, 0.1) is 5.92 Å². The van der Waals surface area contributed by atoms with Gasteiger partial charge in [0.1, 0.15) is 0 Å². The van der Waals surface area contributed by atoms with Crippen LogP contribution >= 0.6 is 0 Å². The lowest BCUT2D eigenvalue weighted by Crippen LogP contribution is -2.42. The lowest BCUT2D eigenvalue weighted by Gasteiger charge is -2.27.